The second kappa shape index (κ2) is 6.65. The lowest BCUT2D eigenvalue weighted by Gasteiger charge is -2.33. The Balaban J connectivity index is 1.93. The van der Waals surface area contributed by atoms with Crippen molar-refractivity contribution >= 4 is 5.96 Å². The van der Waals surface area contributed by atoms with Crippen molar-refractivity contribution in [1.29, 1.82) is 0 Å². The van der Waals surface area contributed by atoms with Crippen LogP contribution in [0.1, 0.15) is 25.7 Å². The predicted octanol–water partition coefficient (Wildman–Crippen LogP) is 2.00. The lowest BCUT2D eigenvalue weighted by atomic mass is 9.79. The summed E-state index contributed by atoms with van der Waals surface area (Å²) in [5.74, 6) is -1.30. The Labute approximate surface area is 117 Å². The van der Waals surface area contributed by atoms with E-state index in [0.29, 0.717) is 45.1 Å². The van der Waals surface area contributed by atoms with E-state index in [1.54, 1.807) is 0 Å². The number of guanidine groups is 1. The maximum Gasteiger partial charge on any atom is 0.392 e. The number of aliphatic imine (C=N–C) groups is 1. The van der Waals surface area contributed by atoms with Gasteiger partial charge in [0.05, 0.1) is 19.1 Å². The molecule has 1 heterocycles. The average molecular weight is 293 g/mol. The summed E-state index contributed by atoms with van der Waals surface area (Å²) in [4.78, 5) is 6.07. The number of rotatable bonds is 2. The Morgan fingerprint density at radius 2 is 1.85 bits per heavy atom. The number of ether oxygens (including phenoxy) is 1. The Kier molecular flexibility index (Phi) is 5.12. The van der Waals surface area contributed by atoms with E-state index in [-0.39, 0.29) is 13.0 Å². The van der Waals surface area contributed by atoms with E-state index in [1.807, 2.05) is 4.90 Å². The van der Waals surface area contributed by atoms with Gasteiger partial charge in [0, 0.05) is 19.6 Å². The smallest absolute Gasteiger partial charge is 0.378 e. The minimum Gasteiger partial charge on any atom is -0.378 e. The zero-order valence-corrected chi connectivity index (χ0v) is 11.5. The lowest BCUT2D eigenvalue weighted by molar-refractivity contribution is -0.195. The third-order valence-electron chi connectivity index (χ3n) is 4.15. The zero-order chi connectivity index (χ0) is 14.6. The molecule has 2 rings (SSSR count). The molecule has 2 fully saturated rings. The fourth-order valence-electron chi connectivity index (χ4n) is 2.96. The molecule has 0 bridgehead atoms. The van der Waals surface area contributed by atoms with Crippen LogP contribution in [0.5, 0.6) is 0 Å². The molecule has 0 amide bonds. The molecule has 1 aliphatic carbocycles. The van der Waals surface area contributed by atoms with Gasteiger partial charge >= 0.3 is 6.18 Å². The molecule has 1 saturated carbocycles. The highest BCUT2D eigenvalue weighted by Gasteiger charge is 2.45. The first-order valence-electron chi connectivity index (χ1n) is 7.18. The second-order valence-corrected chi connectivity index (χ2v) is 5.49. The van der Waals surface area contributed by atoms with E-state index in [0.717, 1.165) is 6.42 Å². The highest BCUT2D eigenvalue weighted by atomic mass is 19.4. The first-order valence-corrected chi connectivity index (χ1v) is 7.18. The summed E-state index contributed by atoms with van der Waals surface area (Å²) in [6.07, 6.45) is -1.80. The van der Waals surface area contributed by atoms with Crippen LogP contribution in [-0.4, -0.2) is 49.9 Å². The number of hydrogen-bond donors (Lipinski definition) is 1. The van der Waals surface area contributed by atoms with E-state index in [4.69, 9.17) is 10.5 Å². The van der Waals surface area contributed by atoms with Gasteiger partial charge in [0.2, 0.25) is 0 Å². The summed E-state index contributed by atoms with van der Waals surface area (Å²) in [5.41, 5.74) is 5.86. The van der Waals surface area contributed by atoms with E-state index in [9.17, 15) is 13.2 Å². The van der Waals surface area contributed by atoms with Crippen LogP contribution in [0.2, 0.25) is 0 Å². The number of hydrogen-bond acceptors (Lipinski definition) is 2. The fourth-order valence-corrected chi connectivity index (χ4v) is 2.96. The summed E-state index contributed by atoms with van der Waals surface area (Å²) in [5, 5.41) is 0. The molecule has 1 saturated heterocycles. The van der Waals surface area contributed by atoms with E-state index >= 15 is 0 Å². The van der Waals surface area contributed by atoms with Crippen LogP contribution >= 0.6 is 0 Å². The van der Waals surface area contributed by atoms with Crippen molar-refractivity contribution in [1.82, 2.24) is 4.90 Å². The molecular weight excluding hydrogens is 271 g/mol. The van der Waals surface area contributed by atoms with Gasteiger partial charge in [-0.15, -0.1) is 0 Å². The molecule has 0 radical (unpaired) electrons. The van der Waals surface area contributed by atoms with Gasteiger partial charge < -0.3 is 15.4 Å². The number of morpholine rings is 1. The number of alkyl halides is 3. The van der Waals surface area contributed by atoms with Gasteiger partial charge in [-0.25, -0.2) is 0 Å². The van der Waals surface area contributed by atoms with Crippen molar-refractivity contribution in [2.24, 2.45) is 22.6 Å². The third kappa shape index (κ3) is 4.01. The Morgan fingerprint density at radius 1 is 1.20 bits per heavy atom. The molecular formula is C13H22F3N3O. The van der Waals surface area contributed by atoms with Gasteiger partial charge in [-0.3, -0.25) is 4.99 Å². The van der Waals surface area contributed by atoms with Gasteiger partial charge in [-0.1, -0.05) is 12.8 Å². The maximum absolute atomic E-state index is 13.0. The van der Waals surface area contributed by atoms with Crippen molar-refractivity contribution in [3.8, 4) is 0 Å². The van der Waals surface area contributed by atoms with E-state index in [1.165, 1.54) is 0 Å². The topological polar surface area (TPSA) is 50.8 Å². The van der Waals surface area contributed by atoms with Crippen molar-refractivity contribution in [2.45, 2.75) is 31.9 Å². The summed E-state index contributed by atoms with van der Waals surface area (Å²) < 4.78 is 44.1. The first kappa shape index (κ1) is 15.4. The molecule has 20 heavy (non-hydrogen) atoms. The number of nitrogens with zero attached hydrogens (tertiary/aromatic N) is 2. The molecule has 4 nitrogen and oxygen atoms in total. The van der Waals surface area contributed by atoms with Gasteiger partial charge in [0.15, 0.2) is 5.96 Å². The van der Waals surface area contributed by atoms with Crippen molar-refractivity contribution in [3.63, 3.8) is 0 Å². The van der Waals surface area contributed by atoms with Crippen molar-refractivity contribution in [3.05, 3.63) is 0 Å². The standard InChI is InChI=1S/C13H22F3N3O/c14-13(15,16)11-4-2-1-3-10(11)9-18-12(17)19-5-7-20-8-6-19/h10-11H,1-9H2,(H2,17,18). The Bertz CT molecular complexity index is 340. The second-order valence-electron chi connectivity index (χ2n) is 5.49. The highest BCUT2D eigenvalue weighted by molar-refractivity contribution is 5.78. The van der Waals surface area contributed by atoms with Crippen LogP contribution in [0.4, 0.5) is 13.2 Å². The fraction of sp³-hybridized carbons (Fsp3) is 0.923. The SMILES string of the molecule is NC(=NCC1CCCCC1C(F)(F)F)N1CCOCC1. The van der Waals surface area contributed by atoms with Crippen LogP contribution in [0.15, 0.2) is 4.99 Å². The van der Waals surface area contributed by atoms with Gasteiger partial charge in [-0.05, 0) is 18.8 Å². The largest absolute Gasteiger partial charge is 0.392 e. The molecule has 1 aliphatic heterocycles. The van der Waals surface area contributed by atoms with Crippen LogP contribution in [0, 0.1) is 11.8 Å². The van der Waals surface area contributed by atoms with Crippen molar-refractivity contribution < 1.29 is 17.9 Å². The molecule has 0 spiro atoms. The molecule has 0 aromatic heterocycles. The molecule has 2 unspecified atom stereocenters. The Hall–Kier alpha value is -0.980. The molecule has 0 aromatic rings. The monoisotopic (exact) mass is 293 g/mol. The molecule has 2 N–H and O–H groups in total. The van der Waals surface area contributed by atoms with E-state index in [2.05, 4.69) is 4.99 Å². The number of halogens is 3. The maximum atomic E-state index is 13.0. The van der Waals surface area contributed by atoms with E-state index < -0.39 is 18.0 Å². The lowest BCUT2D eigenvalue weighted by Crippen LogP contribution is -2.45. The van der Waals surface area contributed by atoms with Gasteiger partial charge in [-0.2, -0.15) is 13.2 Å². The third-order valence-corrected chi connectivity index (χ3v) is 4.15. The summed E-state index contributed by atoms with van der Waals surface area (Å²) in [6.45, 7) is 2.66. The highest BCUT2D eigenvalue weighted by Crippen LogP contribution is 2.41. The van der Waals surface area contributed by atoms with Crippen LogP contribution < -0.4 is 5.73 Å². The van der Waals surface area contributed by atoms with Crippen LogP contribution in [-0.2, 0) is 4.74 Å². The zero-order valence-electron chi connectivity index (χ0n) is 11.5. The van der Waals surface area contributed by atoms with Gasteiger partial charge in [0.1, 0.15) is 0 Å². The minimum absolute atomic E-state index is 0.174. The average Bonchev–Trinajstić information content (AvgIpc) is 2.45. The summed E-state index contributed by atoms with van der Waals surface area (Å²) in [7, 11) is 0. The number of nitrogens with two attached hydrogens (primary N) is 1. The predicted molar refractivity (Wildman–Crippen MR) is 70.4 cm³/mol. The van der Waals surface area contributed by atoms with Crippen LogP contribution in [0.25, 0.3) is 0 Å². The first-order chi connectivity index (χ1) is 9.48. The van der Waals surface area contributed by atoms with Crippen LogP contribution in [0.3, 0.4) is 0 Å². The molecule has 7 heteroatoms. The quantitative estimate of drug-likeness (QED) is 0.626. The normalized spacial score (nSPS) is 29.6. The molecule has 0 aromatic carbocycles. The summed E-state index contributed by atoms with van der Waals surface area (Å²) in [6, 6.07) is 0. The van der Waals surface area contributed by atoms with Crippen molar-refractivity contribution in [2.75, 3.05) is 32.8 Å². The molecule has 116 valence electrons. The Morgan fingerprint density at radius 3 is 2.50 bits per heavy atom. The van der Waals surface area contributed by atoms with Gasteiger partial charge in [0.25, 0.3) is 0 Å². The summed E-state index contributed by atoms with van der Waals surface area (Å²) >= 11 is 0. The minimum atomic E-state index is -4.12. The molecule has 2 aliphatic rings. The molecule has 2 atom stereocenters.